The van der Waals surface area contributed by atoms with E-state index in [1.54, 1.807) is 24.3 Å². The zero-order valence-corrected chi connectivity index (χ0v) is 16.7. The van der Waals surface area contributed by atoms with Crippen molar-refractivity contribution in [3.8, 4) is 0 Å². The highest BCUT2D eigenvalue weighted by molar-refractivity contribution is 6.10. The molecule has 0 heterocycles. The summed E-state index contributed by atoms with van der Waals surface area (Å²) in [6.45, 7) is 6.84. The first-order valence-electron chi connectivity index (χ1n) is 9.86. The first kappa shape index (κ1) is 20.9. The lowest BCUT2D eigenvalue weighted by atomic mass is 9.98. The van der Waals surface area contributed by atoms with Crippen LogP contribution in [0, 0.1) is 12.8 Å². The largest absolute Gasteiger partial charge is 0.462 e. The molecule has 3 nitrogen and oxygen atoms in total. The predicted octanol–water partition coefficient (Wildman–Crippen LogP) is 5.99. The molecule has 3 heteroatoms. The van der Waals surface area contributed by atoms with Gasteiger partial charge in [0, 0.05) is 11.1 Å². The Bertz CT molecular complexity index is 744. The van der Waals surface area contributed by atoms with Crippen molar-refractivity contribution in [2.45, 2.75) is 52.9 Å². The molecule has 0 aromatic heterocycles. The third-order valence-electron chi connectivity index (χ3n) is 4.68. The van der Waals surface area contributed by atoms with E-state index in [-0.39, 0.29) is 11.8 Å². The molecule has 0 saturated carbocycles. The number of carbonyl (C=O) groups excluding carboxylic acids is 2. The second-order valence-corrected chi connectivity index (χ2v) is 7.45. The van der Waals surface area contributed by atoms with Crippen molar-refractivity contribution in [1.82, 2.24) is 0 Å². The fraction of sp³-hybridized carbons (Fsp3) is 0.417. The maximum absolute atomic E-state index is 12.6. The molecule has 27 heavy (non-hydrogen) atoms. The van der Waals surface area contributed by atoms with Crippen molar-refractivity contribution in [2.24, 2.45) is 5.92 Å². The average molecular weight is 367 g/mol. The summed E-state index contributed by atoms with van der Waals surface area (Å²) in [4.78, 5) is 24.7. The molecular formula is C24H30O3. The van der Waals surface area contributed by atoms with Crippen molar-refractivity contribution in [2.75, 3.05) is 6.61 Å². The fourth-order valence-electron chi connectivity index (χ4n) is 3.00. The van der Waals surface area contributed by atoms with Crippen LogP contribution in [0.2, 0.25) is 0 Å². The number of esters is 1. The summed E-state index contributed by atoms with van der Waals surface area (Å²) < 4.78 is 5.34. The molecule has 0 spiro atoms. The summed E-state index contributed by atoms with van der Waals surface area (Å²) in [6, 6.07) is 14.2. The van der Waals surface area contributed by atoms with E-state index in [4.69, 9.17) is 4.74 Å². The summed E-state index contributed by atoms with van der Waals surface area (Å²) >= 11 is 0. The third kappa shape index (κ3) is 6.67. The van der Waals surface area contributed by atoms with Crippen LogP contribution < -0.4 is 0 Å². The van der Waals surface area contributed by atoms with E-state index in [2.05, 4.69) is 13.8 Å². The maximum Gasteiger partial charge on any atom is 0.338 e. The summed E-state index contributed by atoms with van der Waals surface area (Å²) in [5, 5.41) is 0. The SMILES string of the molecule is Cc1ccccc1C(=O)c1ccc(C(=O)OCCCCCCC(C)C)cc1. The third-order valence-corrected chi connectivity index (χ3v) is 4.68. The number of rotatable bonds is 10. The van der Waals surface area contributed by atoms with E-state index in [1.165, 1.54) is 19.3 Å². The van der Waals surface area contributed by atoms with E-state index in [0.29, 0.717) is 23.3 Å². The van der Waals surface area contributed by atoms with Crippen LogP contribution in [0.4, 0.5) is 0 Å². The van der Waals surface area contributed by atoms with E-state index >= 15 is 0 Å². The van der Waals surface area contributed by atoms with Gasteiger partial charge in [0.15, 0.2) is 5.78 Å². The average Bonchev–Trinajstić information content (AvgIpc) is 2.67. The summed E-state index contributed by atoms with van der Waals surface area (Å²) in [6.07, 6.45) is 5.67. The minimum Gasteiger partial charge on any atom is -0.462 e. The number of aryl methyl sites for hydroxylation is 1. The summed E-state index contributed by atoms with van der Waals surface area (Å²) in [7, 11) is 0. The first-order valence-corrected chi connectivity index (χ1v) is 9.86. The normalized spacial score (nSPS) is 10.8. The van der Waals surface area contributed by atoms with E-state index in [0.717, 1.165) is 24.3 Å². The second-order valence-electron chi connectivity index (χ2n) is 7.45. The number of unbranched alkanes of at least 4 members (excludes halogenated alkanes) is 3. The Labute approximate surface area is 162 Å². The summed E-state index contributed by atoms with van der Waals surface area (Å²) in [5.74, 6) is 0.393. The Morgan fingerprint density at radius 2 is 1.48 bits per heavy atom. The molecule has 0 N–H and O–H groups in total. The number of ether oxygens (including phenoxy) is 1. The van der Waals surface area contributed by atoms with Crippen molar-refractivity contribution in [3.05, 3.63) is 70.8 Å². The quantitative estimate of drug-likeness (QED) is 0.295. The molecular weight excluding hydrogens is 336 g/mol. The van der Waals surface area contributed by atoms with Gasteiger partial charge in [-0.3, -0.25) is 4.79 Å². The number of carbonyl (C=O) groups is 2. The predicted molar refractivity (Wildman–Crippen MR) is 109 cm³/mol. The lowest BCUT2D eigenvalue weighted by Crippen LogP contribution is -2.08. The Hall–Kier alpha value is -2.42. The van der Waals surface area contributed by atoms with Crippen LogP contribution in [0.5, 0.6) is 0 Å². The Balaban J connectivity index is 1.80. The van der Waals surface area contributed by atoms with Gasteiger partial charge in [-0.15, -0.1) is 0 Å². The van der Waals surface area contributed by atoms with Crippen molar-refractivity contribution >= 4 is 11.8 Å². The number of hydrogen-bond acceptors (Lipinski definition) is 3. The van der Waals surface area contributed by atoms with Crippen molar-refractivity contribution in [3.63, 3.8) is 0 Å². The molecule has 144 valence electrons. The minimum atomic E-state index is -0.327. The van der Waals surface area contributed by atoms with E-state index in [1.807, 2.05) is 31.2 Å². The van der Waals surface area contributed by atoms with Crippen LogP contribution in [0.15, 0.2) is 48.5 Å². The molecule has 0 aliphatic heterocycles. The molecule has 2 rings (SSSR count). The Kier molecular flexibility index (Phi) is 8.25. The molecule has 0 aliphatic rings. The van der Waals surface area contributed by atoms with Crippen LogP contribution >= 0.6 is 0 Å². The van der Waals surface area contributed by atoms with Crippen LogP contribution in [0.25, 0.3) is 0 Å². The fourth-order valence-corrected chi connectivity index (χ4v) is 3.00. The highest BCUT2D eigenvalue weighted by atomic mass is 16.5. The zero-order chi connectivity index (χ0) is 19.6. The molecule has 2 aromatic rings. The van der Waals surface area contributed by atoms with E-state index < -0.39 is 0 Å². The van der Waals surface area contributed by atoms with Gasteiger partial charge in [0.1, 0.15) is 0 Å². The molecule has 0 atom stereocenters. The molecule has 0 saturated heterocycles. The van der Waals surface area contributed by atoms with Gasteiger partial charge in [-0.1, -0.05) is 75.9 Å². The zero-order valence-electron chi connectivity index (χ0n) is 16.7. The molecule has 0 bridgehead atoms. The smallest absolute Gasteiger partial charge is 0.338 e. The van der Waals surface area contributed by atoms with Crippen LogP contribution in [0.1, 0.15) is 77.8 Å². The van der Waals surface area contributed by atoms with Gasteiger partial charge in [-0.2, -0.15) is 0 Å². The van der Waals surface area contributed by atoms with Gasteiger partial charge in [-0.05, 0) is 37.0 Å². The van der Waals surface area contributed by atoms with Gasteiger partial charge in [0.25, 0.3) is 0 Å². The van der Waals surface area contributed by atoms with Crippen molar-refractivity contribution < 1.29 is 14.3 Å². The number of benzene rings is 2. The standard InChI is InChI=1S/C24H30O3/c1-18(2)10-6-4-5-9-17-27-24(26)21-15-13-20(14-16-21)23(25)22-12-8-7-11-19(22)3/h7-8,11-16,18H,4-6,9-10,17H2,1-3H3. The molecule has 0 amide bonds. The number of ketones is 1. The molecule has 0 aliphatic carbocycles. The van der Waals surface area contributed by atoms with Crippen LogP contribution in [0.3, 0.4) is 0 Å². The van der Waals surface area contributed by atoms with E-state index in [9.17, 15) is 9.59 Å². The van der Waals surface area contributed by atoms with Gasteiger partial charge in [0.05, 0.1) is 12.2 Å². The highest BCUT2D eigenvalue weighted by Crippen LogP contribution is 2.15. The number of hydrogen-bond donors (Lipinski definition) is 0. The van der Waals surface area contributed by atoms with Crippen molar-refractivity contribution in [1.29, 1.82) is 0 Å². The van der Waals surface area contributed by atoms with Gasteiger partial charge >= 0.3 is 5.97 Å². The molecule has 0 fully saturated rings. The lowest BCUT2D eigenvalue weighted by Gasteiger charge is -2.07. The Morgan fingerprint density at radius 1 is 0.852 bits per heavy atom. The lowest BCUT2D eigenvalue weighted by molar-refractivity contribution is 0.0497. The second kappa shape index (κ2) is 10.7. The van der Waals surface area contributed by atoms with Gasteiger partial charge < -0.3 is 4.74 Å². The minimum absolute atomic E-state index is 0.0329. The molecule has 2 aromatic carbocycles. The van der Waals surface area contributed by atoms with Crippen LogP contribution in [-0.2, 0) is 4.74 Å². The maximum atomic E-state index is 12.6. The molecule has 0 radical (unpaired) electrons. The first-order chi connectivity index (χ1) is 13.0. The highest BCUT2D eigenvalue weighted by Gasteiger charge is 2.13. The monoisotopic (exact) mass is 366 g/mol. The summed E-state index contributed by atoms with van der Waals surface area (Å²) in [5.41, 5.74) is 2.69. The Morgan fingerprint density at radius 3 is 2.15 bits per heavy atom. The molecule has 0 unspecified atom stereocenters. The van der Waals surface area contributed by atoms with Gasteiger partial charge in [-0.25, -0.2) is 4.79 Å². The van der Waals surface area contributed by atoms with Crippen LogP contribution in [-0.4, -0.2) is 18.4 Å². The van der Waals surface area contributed by atoms with Gasteiger partial charge in [0.2, 0.25) is 0 Å². The topological polar surface area (TPSA) is 43.4 Å².